The molecule has 2 nitrogen and oxygen atoms in total. The van der Waals surface area contributed by atoms with E-state index in [2.05, 4.69) is 9.97 Å². The van der Waals surface area contributed by atoms with Crippen LogP contribution in [-0.4, -0.2) is 9.97 Å². The first-order valence-corrected chi connectivity index (χ1v) is 8.74. The Morgan fingerprint density at radius 2 is 0.967 bits per heavy atom. The van der Waals surface area contributed by atoms with Crippen molar-refractivity contribution in [3.05, 3.63) is 83.9 Å². The molecule has 0 saturated carbocycles. The Morgan fingerprint density at radius 3 is 1.37 bits per heavy atom. The number of benzene rings is 2. The van der Waals surface area contributed by atoms with E-state index in [1.165, 1.54) is 24.3 Å². The molecule has 0 aliphatic rings. The highest BCUT2D eigenvalue weighted by Gasteiger charge is 2.31. The van der Waals surface area contributed by atoms with Crippen LogP contribution in [-0.2, 0) is 12.4 Å². The molecule has 8 heteroatoms. The number of alkyl halides is 6. The van der Waals surface area contributed by atoms with E-state index in [4.69, 9.17) is 0 Å². The summed E-state index contributed by atoms with van der Waals surface area (Å²) in [5.74, 6) is 0. The van der Waals surface area contributed by atoms with Crippen LogP contribution in [0.25, 0.3) is 33.5 Å². The minimum atomic E-state index is -4.48. The Hall–Kier alpha value is -3.42. The molecule has 0 bridgehead atoms. The highest BCUT2D eigenvalue weighted by Crippen LogP contribution is 2.33. The van der Waals surface area contributed by atoms with Gasteiger partial charge in [0.2, 0.25) is 0 Å². The van der Waals surface area contributed by atoms with Gasteiger partial charge < -0.3 is 0 Å². The highest BCUT2D eigenvalue weighted by molar-refractivity contribution is 5.81. The summed E-state index contributed by atoms with van der Waals surface area (Å²) in [5, 5.41) is 0.612. The maximum atomic E-state index is 13.0. The molecule has 4 aromatic rings. The molecule has 4 rings (SSSR count). The molecule has 0 aliphatic heterocycles. The van der Waals surface area contributed by atoms with Gasteiger partial charge in [-0.3, -0.25) is 0 Å². The van der Waals surface area contributed by atoms with E-state index in [0.29, 0.717) is 5.39 Å². The third-order valence-electron chi connectivity index (χ3n) is 4.52. The topological polar surface area (TPSA) is 25.8 Å². The molecule has 0 spiro atoms. The van der Waals surface area contributed by atoms with Crippen molar-refractivity contribution in [3.63, 3.8) is 0 Å². The van der Waals surface area contributed by atoms with Crippen LogP contribution in [0.3, 0.4) is 0 Å². The lowest BCUT2D eigenvalue weighted by Crippen LogP contribution is -2.04. The molecule has 0 unspecified atom stereocenters. The van der Waals surface area contributed by atoms with Crippen molar-refractivity contribution >= 4 is 11.0 Å². The number of aromatic nitrogens is 2. The van der Waals surface area contributed by atoms with Crippen molar-refractivity contribution in [2.45, 2.75) is 12.4 Å². The van der Waals surface area contributed by atoms with Gasteiger partial charge >= 0.3 is 12.4 Å². The van der Waals surface area contributed by atoms with Gasteiger partial charge in [-0.1, -0.05) is 24.3 Å². The van der Waals surface area contributed by atoms with Gasteiger partial charge in [-0.15, -0.1) is 0 Å². The van der Waals surface area contributed by atoms with E-state index in [1.807, 2.05) is 0 Å². The number of fused-ring (bicyclic) bond motifs is 1. The van der Waals surface area contributed by atoms with Crippen LogP contribution in [0.1, 0.15) is 11.1 Å². The predicted octanol–water partition coefficient (Wildman–Crippen LogP) is 7.00. The van der Waals surface area contributed by atoms with Gasteiger partial charge in [0.05, 0.1) is 22.5 Å². The minimum absolute atomic E-state index is 0.222. The number of halogens is 6. The normalized spacial score (nSPS) is 12.3. The van der Waals surface area contributed by atoms with E-state index < -0.39 is 23.5 Å². The fourth-order valence-corrected chi connectivity index (χ4v) is 3.03. The molecule has 0 saturated heterocycles. The number of pyridine rings is 2. The van der Waals surface area contributed by atoms with Gasteiger partial charge in [-0.2, -0.15) is 26.3 Å². The second-order valence-electron chi connectivity index (χ2n) is 6.60. The second kappa shape index (κ2) is 7.12. The van der Waals surface area contributed by atoms with Gasteiger partial charge in [0.1, 0.15) is 0 Å². The summed E-state index contributed by atoms with van der Waals surface area (Å²) in [6, 6.07) is 15.9. The predicted molar refractivity (Wildman–Crippen MR) is 100 cm³/mol. The fraction of sp³-hybridized carbons (Fsp3) is 0.0909. The van der Waals surface area contributed by atoms with Gasteiger partial charge in [0, 0.05) is 16.5 Å². The van der Waals surface area contributed by atoms with Crippen molar-refractivity contribution in [3.8, 4) is 22.5 Å². The number of rotatable bonds is 2. The summed E-state index contributed by atoms with van der Waals surface area (Å²) in [5.41, 5.74) is -0.291. The first kappa shape index (κ1) is 19.9. The molecule has 0 radical (unpaired) electrons. The molecule has 2 aromatic heterocycles. The lowest BCUT2D eigenvalue weighted by Gasteiger charge is -2.10. The first-order valence-electron chi connectivity index (χ1n) is 8.74. The van der Waals surface area contributed by atoms with Gasteiger partial charge in [0.25, 0.3) is 0 Å². The molecular formula is C22H12F6N2. The van der Waals surface area contributed by atoms with Crippen molar-refractivity contribution < 1.29 is 26.3 Å². The summed E-state index contributed by atoms with van der Waals surface area (Å²) in [6.45, 7) is 0. The van der Waals surface area contributed by atoms with Crippen LogP contribution in [0.15, 0.2) is 72.8 Å². The SMILES string of the molecule is FC(F)(F)c1cccc(-c2ccc3ccc(-c4cccc(C(F)(F)F)c4)nc3n2)c1. The zero-order valence-corrected chi connectivity index (χ0v) is 15.1. The number of nitrogens with zero attached hydrogens (tertiary/aromatic N) is 2. The standard InChI is InChI=1S/C22H12F6N2/c23-21(24,25)16-5-1-3-14(11-16)18-9-7-13-8-10-19(30-20(13)29-18)15-4-2-6-17(12-15)22(26,27)28/h1-12H. The molecule has 0 fully saturated rings. The molecule has 152 valence electrons. The van der Waals surface area contributed by atoms with Crippen LogP contribution in [0, 0.1) is 0 Å². The summed E-state index contributed by atoms with van der Waals surface area (Å²) in [7, 11) is 0. The summed E-state index contributed by atoms with van der Waals surface area (Å²) < 4.78 is 77.9. The highest BCUT2D eigenvalue weighted by atomic mass is 19.4. The van der Waals surface area contributed by atoms with Gasteiger partial charge in [-0.25, -0.2) is 9.97 Å². The largest absolute Gasteiger partial charge is 0.416 e. The summed E-state index contributed by atoms with van der Waals surface area (Å²) in [6.07, 6.45) is -8.97. The first-order chi connectivity index (χ1) is 14.1. The third-order valence-corrected chi connectivity index (χ3v) is 4.52. The molecule has 0 amide bonds. The average molecular weight is 418 g/mol. The maximum absolute atomic E-state index is 13.0. The Morgan fingerprint density at radius 1 is 0.533 bits per heavy atom. The van der Waals surface area contributed by atoms with E-state index >= 15 is 0 Å². The van der Waals surface area contributed by atoms with Crippen LogP contribution in [0.2, 0.25) is 0 Å². The van der Waals surface area contributed by atoms with Gasteiger partial charge in [-0.05, 0) is 48.5 Å². The van der Waals surface area contributed by atoms with Crippen molar-refractivity contribution in [2.24, 2.45) is 0 Å². The summed E-state index contributed by atoms with van der Waals surface area (Å²) >= 11 is 0. The van der Waals surface area contributed by atoms with Crippen molar-refractivity contribution in [1.82, 2.24) is 9.97 Å². The zero-order valence-electron chi connectivity index (χ0n) is 15.1. The van der Waals surface area contributed by atoms with Crippen LogP contribution < -0.4 is 0 Å². The molecular weight excluding hydrogens is 406 g/mol. The lowest BCUT2D eigenvalue weighted by molar-refractivity contribution is -0.138. The molecule has 2 heterocycles. The monoisotopic (exact) mass is 418 g/mol. The lowest BCUT2D eigenvalue weighted by atomic mass is 10.1. The smallest absolute Gasteiger partial charge is 0.228 e. The van der Waals surface area contributed by atoms with Crippen LogP contribution in [0.5, 0.6) is 0 Å². The minimum Gasteiger partial charge on any atom is -0.228 e. The molecule has 30 heavy (non-hydrogen) atoms. The van der Waals surface area contributed by atoms with Crippen LogP contribution >= 0.6 is 0 Å². The summed E-state index contributed by atoms with van der Waals surface area (Å²) in [4.78, 5) is 8.65. The molecule has 0 N–H and O–H groups in total. The Bertz CT molecular complexity index is 1140. The van der Waals surface area contributed by atoms with E-state index in [0.717, 1.165) is 24.3 Å². The molecule has 0 aliphatic carbocycles. The average Bonchev–Trinajstić information content (AvgIpc) is 2.72. The van der Waals surface area contributed by atoms with E-state index in [1.54, 1.807) is 24.3 Å². The fourth-order valence-electron chi connectivity index (χ4n) is 3.03. The zero-order chi connectivity index (χ0) is 21.5. The molecule has 0 atom stereocenters. The Kier molecular flexibility index (Phi) is 4.72. The Balaban J connectivity index is 1.78. The maximum Gasteiger partial charge on any atom is 0.416 e. The Labute approximate surface area is 166 Å². The third kappa shape index (κ3) is 3.98. The number of hydrogen-bond acceptors (Lipinski definition) is 2. The van der Waals surface area contributed by atoms with Crippen LogP contribution in [0.4, 0.5) is 26.3 Å². The van der Waals surface area contributed by atoms with Crippen molar-refractivity contribution in [2.75, 3.05) is 0 Å². The van der Waals surface area contributed by atoms with E-state index in [9.17, 15) is 26.3 Å². The quantitative estimate of drug-likeness (QED) is 0.328. The second-order valence-corrected chi connectivity index (χ2v) is 6.60. The molecule has 2 aromatic carbocycles. The van der Waals surface area contributed by atoms with Crippen molar-refractivity contribution in [1.29, 1.82) is 0 Å². The van der Waals surface area contributed by atoms with Gasteiger partial charge in [0.15, 0.2) is 5.65 Å². The number of hydrogen-bond donors (Lipinski definition) is 0. The van der Waals surface area contributed by atoms with E-state index in [-0.39, 0.29) is 28.2 Å².